The van der Waals surface area contributed by atoms with Crippen LogP contribution in [-0.4, -0.2) is 39.8 Å². The normalized spacial score (nSPS) is 11.3. The van der Waals surface area contributed by atoms with E-state index >= 15 is 0 Å². The van der Waals surface area contributed by atoms with Crippen LogP contribution in [0.4, 0.5) is 0 Å². The molecule has 2 aromatic heterocycles. The van der Waals surface area contributed by atoms with E-state index in [2.05, 4.69) is 22.0 Å². The second-order valence-electron chi connectivity index (χ2n) is 3.93. The molecule has 18 heavy (non-hydrogen) atoms. The highest BCUT2D eigenvalue weighted by atomic mass is 32.1. The van der Waals surface area contributed by atoms with Crippen LogP contribution < -0.4 is 0 Å². The number of aromatic nitrogens is 2. The largest absolute Gasteiger partial charge is 0.396 e. The minimum atomic E-state index is 0.209. The van der Waals surface area contributed by atoms with Crippen molar-refractivity contribution in [2.45, 2.75) is 19.9 Å². The summed E-state index contributed by atoms with van der Waals surface area (Å²) in [7, 11) is 0. The Kier molecular flexibility index (Phi) is 4.86. The molecule has 0 radical (unpaired) electrons. The maximum atomic E-state index is 8.83. The Morgan fingerprint density at radius 1 is 1.50 bits per heavy atom. The van der Waals surface area contributed by atoms with Gasteiger partial charge in [0.05, 0.1) is 11.4 Å². The molecule has 98 valence electrons. The second kappa shape index (κ2) is 6.63. The number of thiophene rings is 1. The first kappa shape index (κ1) is 13.2. The lowest BCUT2D eigenvalue weighted by Crippen LogP contribution is -2.24. The zero-order valence-corrected chi connectivity index (χ0v) is 11.2. The van der Waals surface area contributed by atoms with E-state index in [0.29, 0.717) is 18.3 Å². The molecule has 0 aliphatic heterocycles. The molecule has 0 amide bonds. The molecule has 2 heterocycles. The van der Waals surface area contributed by atoms with Crippen LogP contribution in [0.2, 0.25) is 0 Å². The van der Waals surface area contributed by atoms with Gasteiger partial charge in [-0.05, 0) is 24.4 Å². The molecule has 1 N–H and O–H groups in total. The van der Waals surface area contributed by atoms with Gasteiger partial charge in [0.25, 0.3) is 0 Å². The molecule has 0 fully saturated rings. The lowest BCUT2D eigenvalue weighted by atomic mass is 10.4. The summed E-state index contributed by atoms with van der Waals surface area (Å²) in [4.78, 5) is 7.56. The van der Waals surface area contributed by atoms with E-state index in [-0.39, 0.29) is 6.61 Å². The number of hydrogen-bond acceptors (Lipinski definition) is 6. The molecule has 6 heteroatoms. The summed E-state index contributed by atoms with van der Waals surface area (Å²) in [6.45, 7) is 4.66. The van der Waals surface area contributed by atoms with Gasteiger partial charge in [0.15, 0.2) is 0 Å². The third kappa shape index (κ3) is 3.38. The first-order valence-electron chi connectivity index (χ1n) is 6.03. The summed E-state index contributed by atoms with van der Waals surface area (Å²) in [5.74, 6) is 1.27. The van der Waals surface area contributed by atoms with E-state index < -0.39 is 0 Å². The highest BCUT2D eigenvalue weighted by Crippen LogP contribution is 2.21. The topological polar surface area (TPSA) is 62.4 Å². The summed E-state index contributed by atoms with van der Waals surface area (Å²) in [6.07, 6.45) is 0.764. The molecular weight excluding hydrogens is 250 g/mol. The van der Waals surface area contributed by atoms with Crippen molar-refractivity contribution in [1.29, 1.82) is 0 Å². The van der Waals surface area contributed by atoms with E-state index in [1.165, 1.54) is 0 Å². The fourth-order valence-corrected chi connectivity index (χ4v) is 2.31. The quantitative estimate of drug-likeness (QED) is 0.831. The van der Waals surface area contributed by atoms with Crippen molar-refractivity contribution in [2.24, 2.45) is 0 Å². The summed E-state index contributed by atoms with van der Waals surface area (Å²) in [5.41, 5.74) is 0. The van der Waals surface area contributed by atoms with Crippen LogP contribution in [0.1, 0.15) is 19.2 Å². The lowest BCUT2D eigenvalue weighted by molar-refractivity contribution is 0.205. The average Bonchev–Trinajstić information content (AvgIpc) is 3.04. The van der Waals surface area contributed by atoms with E-state index in [0.717, 1.165) is 24.4 Å². The summed E-state index contributed by atoms with van der Waals surface area (Å²) in [5, 5.41) is 14.8. The molecule has 2 aromatic rings. The molecule has 0 saturated carbocycles. The number of aliphatic hydroxyl groups excluding tert-OH is 1. The Hall–Kier alpha value is -1.24. The van der Waals surface area contributed by atoms with Gasteiger partial charge in [0, 0.05) is 13.2 Å². The first-order valence-corrected chi connectivity index (χ1v) is 6.91. The van der Waals surface area contributed by atoms with Crippen molar-refractivity contribution in [1.82, 2.24) is 15.0 Å². The molecule has 0 aliphatic rings. The molecule has 0 spiro atoms. The molecule has 0 aliphatic carbocycles. The number of hydrogen-bond donors (Lipinski definition) is 1. The van der Waals surface area contributed by atoms with Crippen LogP contribution in [0.5, 0.6) is 0 Å². The minimum absolute atomic E-state index is 0.209. The van der Waals surface area contributed by atoms with Crippen molar-refractivity contribution < 1.29 is 9.63 Å². The van der Waals surface area contributed by atoms with Gasteiger partial charge in [-0.15, -0.1) is 11.3 Å². The Bertz CT molecular complexity index is 456. The van der Waals surface area contributed by atoms with Crippen molar-refractivity contribution in [3.05, 3.63) is 23.4 Å². The maximum absolute atomic E-state index is 8.83. The number of aliphatic hydroxyl groups is 1. The van der Waals surface area contributed by atoms with Gasteiger partial charge in [0.2, 0.25) is 11.7 Å². The smallest absolute Gasteiger partial charge is 0.241 e. The van der Waals surface area contributed by atoms with Crippen molar-refractivity contribution >= 4 is 11.3 Å². The Balaban J connectivity index is 1.97. The van der Waals surface area contributed by atoms with Crippen molar-refractivity contribution in [2.75, 3.05) is 19.7 Å². The third-order valence-corrected chi connectivity index (χ3v) is 3.51. The molecule has 2 rings (SSSR count). The van der Waals surface area contributed by atoms with Gasteiger partial charge >= 0.3 is 0 Å². The highest BCUT2D eigenvalue weighted by molar-refractivity contribution is 7.13. The van der Waals surface area contributed by atoms with Crippen molar-refractivity contribution in [3.8, 4) is 10.7 Å². The van der Waals surface area contributed by atoms with Gasteiger partial charge in [-0.3, -0.25) is 4.90 Å². The van der Waals surface area contributed by atoms with Crippen LogP contribution in [-0.2, 0) is 6.54 Å². The Labute approximate surface area is 110 Å². The standard InChI is InChI=1S/C12H17N3O2S/c1-2-15(6-4-7-16)9-11-13-12(14-17-11)10-5-3-8-18-10/h3,5,8,16H,2,4,6-7,9H2,1H3. The fraction of sp³-hybridized carbons (Fsp3) is 0.500. The van der Waals surface area contributed by atoms with Gasteiger partial charge in [0.1, 0.15) is 0 Å². The van der Waals surface area contributed by atoms with Crippen LogP contribution >= 0.6 is 11.3 Å². The summed E-state index contributed by atoms with van der Waals surface area (Å²) >= 11 is 1.60. The van der Waals surface area contributed by atoms with E-state index in [1.807, 2.05) is 17.5 Å². The Morgan fingerprint density at radius 2 is 2.39 bits per heavy atom. The van der Waals surface area contributed by atoms with E-state index in [9.17, 15) is 0 Å². The highest BCUT2D eigenvalue weighted by Gasteiger charge is 2.12. The fourth-order valence-electron chi connectivity index (χ4n) is 1.66. The van der Waals surface area contributed by atoms with Crippen LogP contribution in [0, 0.1) is 0 Å². The molecule has 5 nitrogen and oxygen atoms in total. The number of rotatable bonds is 7. The van der Waals surface area contributed by atoms with Gasteiger partial charge in [-0.2, -0.15) is 4.98 Å². The molecule has 0 aromatic carbocycles. The van der Waals surface area contributed by atoms with Crippen LogP contribution in [0.15, 0.2) is 22.0 Å². The summed E-state index contributed by atoms with van der Waals surface area (Å²) in [6, 6.07) is 3.94. The van der Waals surface area contributed by atoms with Gasteiger partial charge in [-0.1, -0.05) is 18.1 Å². The molecule has 0 saturated heterocycles. The molecule has 0 unspecified atom stereocenters. The average molecular weight is 267 g/mol. The SMILES string of the molecule is CCN(CCCO)Cc1nc(-c2cccs2)no1. The minimum Gasteiger partial charge on any atom is -0.396 e. The molecule has 0 atom stereocenters. The van der Waals surface area contributed by atoms with Crippen LogP contribution in [0.3, 0.4) is 0 Å². The number of nitrogens with zero attached hydrogens (tertiary/aromatic N) is 3. The van der Waals surface area contributed by atoms with E-state index in [4.69, 9.17) is 9.63 Å². The molecule has 0 bridgehead atoms. The Morgan fingerprint density at radius 3 is 3.06 bits per heavy atom. The third-order valence-electron chi connectivity index (χ3n) is 2.65. The van der Waals surface area contributed by atoms with E-state index in [1.54, 1.807) is 11.3 Å². The first-order chi connectivity index (χ1) is 8.83. The zero-order valence-electron chi connectivity index (χ0n) is 10.4. The lowest BCUT2D eigenvalue weighted by Gasteiger charge is -2.16. The zero-order chi connectivity index (χ0) is 12.8. The molecular formula is C12H17N3O2S. The van der Waals surface area contributed by atoms with Gasteiger partial charge < -0.3 is 9.63 Å². The van der Waals surface area contributed by atoms with Gasteiger partial charge in [-0.25, -0.2) is 0 Å². The monoisotopic (exact) mass is 267 g/mol. The predicted molar refractivity (Wildman–Crippen MR) is 70.3 cm³/mol. The second-order valence-corrected chi connectivity index (χ2v) is 4.88. The predicted octanol–water partition coefficient (Wildman–Crippen LogP) is 2.00. The summed E-state index contributed by atoms with van der Waals surface area (Å²) < 4.78 is 5.24. The van der Waals surface area contributed by atoms with Crippen molar-refractivity contribution in [3.63, 3.8) is 0 Å². The van der Waals surface area contributed by atoms with Crippen LogP contribution in [0.25, 0.3) is 10.7 Å². The maximum Gasteiger partial charge on any atom is 0.241 e.